The molecule has 5 heteroatoms. The molecule has 2 N–H and O–H groups in total. The second-order valence-corrected chi connectivity index (χ2v) is 6.78. The van der Waals surface area contributed by atoms with Crippen LogP contribution in [-0.2, 0) is 4.74 Å². The minimum atomic E-state index is -0.439. The molecule has 0 bridgehead atoms. The number of hydrogen-bond donors (Lipinski definition) is 2. The lowest BCUT2D eigenvalue weighted by Gasteiger charge is -2.24. The predicted molar refractivity (Wildman–Crippen MR) is 82.0 cm³/mol. The molecule has 0 saturated carbocycles. The Kier molecular flexibility index (Phi) is 6.76. The Morgan fingerprint density at radius 2 is 2.15 bits per heavy atom. The van der Waals surface area contributed by atoms with Crippen molar-refractivity contribution in [3.05, 3.63) is 0 Å². The van der Waals surface area contributed by atoms with Crippen LogP contribution in [0.5, 0.6) is 0 Å². The summed E-state index contributed by atoms with van der Waals surface area (Å²) in [6, 6.07) is 0.862. The third-order valence-corrected chi connectivity index (χ3v) is 3.39. The van der Waals surface area contributed by atoms with Crippen LogP contribution in [0.2, 0.25) is 0 Å². The second kappa shape index (κ2) is 7.84. The average molecular weight is 285 g/mol. The zero-order valence-electron chi connectivity index (χ0n) is 13.7. The Labute approximate surface area is 123 Å². The van der Waals surface area contributed by atoms with Crippen molar-refractivity contribution >= 4 is 6.09 Å². The van der Waals surface area contributed by atoms with Gasteiger partial charge in [-0.1, -0.05) is 13.3 Å². The van der Waals surface area contributed by atoms with Gasteiger partial charge in [0.25, 0.3) is 0 Å². The van der Waals surface area contributed by atoms with Crippen LogP contribution in [0, 0.1) is 0 Å². The Bertz CT molecular complexity index is 302. The van der Waals surface area contributed by atoms with Crippen LogP contribution in [0.1, 0.15) is 47.0 Å². The molecule has 1 fully saturated rings. The summed E-state index contributed by atoms with van der Waals surface area (Å²) in [5, 5.41) is 6.53. The number of ether oxygens (including phenoxy) is 1. The highest BCUT2D eigenvalue weighted by atomic mass is 16.6. The van der Waals surface area contributed by atoms with Crippen molar-refractivity contribution in [2.24, 2.45) is 0 Å². The number of amides is 1. The minimum absolute atomic E-state index is 0.323. The molecule has 118 valence electrons. The lowest BCUT2D eigenvalue weighted by molar-refractivity contribution is 0.0521. The number of carbonyl (C=O) groups is 1. The van der Waals surface area contributed by atoms with Gasteiger partial charge in [0.15, 0.2) is 0 Å². The van der Waals surface area contributed by atoms with E-state index in [0.29, 0.717) is 18.6 Å². The number of likely N-dealkylation sites (tertiary alicyclic amines) is 1. The molecule has 0 spiro atoms. The van der Waals surface area contributed by atoms with Crippen LogP contribution in [0.3, 0.4) is 0 Å². The number of nitrogens with zero attached hydrogens (tertiary/aromatic N) is 1. The van der Waals surface area contributed by atoms with Gasteiger partial charge in [0, 0.05) is 25.2 Å². The zero-order chi connectivity index (χ0) is 15.2. The predicted octanol–water partition coefficient (Wildman–Crippen LogP) is 1.97. The maximum absolute atomic E-state index is 11.7. The molecule has 5 nitrogen and oxygen atoms in total. The lowest BCUT2D eigenvalue weighted by atomic mass is 10.1. The number of carbonyl (C=O) groups excluding carboxylic acids is 1. The van der Waals surface area contributed by atoms with Crippen molar-refractivity contribution in [1.29, 1.82) is 0 Å². The quantitative estimate of drug-likeness (QED) is 0.783. The molecule has 0 aromatic carbocycles. The van der Waals surface area contributed by atoms with E-state index in [1.54, 1.807) is 0 Å². The first kappa shape index (κ1) is 17.2. The smallest absolute Gasteiger partial charge is 0.407 e. The van der Waals surface area contributed by atoms with E-state index >= 15 is 0 Å². The van der Waals surface area contributed by atoms with Crippen molar-refractivity contribution in [3.63, 3.8) is 0 Å². The third kappa shape index (κ3) is 7.10. The van der Waals surface area contributed by atoms with Crippen molar-refractivity contribution in [2.45, 2.75) is 64.6 Å². The van der Waals surface area contributed by atoms with Crippen molar-refractivity contribution < 1.29 is 9.53 Å². The molecule has 1 aliphatic rings. The van der Waals surface area contributed by atoms with Gasteiger partial charge in [-0.2, -0.15) is 0 Å². The summed E-state index contributed by atoms with van der Waals surface area (Å²) >= 11 is 0. The molecular weight excluding hydrogens is 254 g/mol. The van der Waals surface area contributed by atoms with Crippen LogP contribution >= 0.6 is 0 Å². The van der Waals surface area contributed by atoms with Gasteiger partial charge >= 0.3 is 6.09 Å². The van der Waals surface area contributed by atoms with E-state index < -0.39 is 5.60 Å². The molecule has 0 aliphatic carbocycles. The SMILES string of the molecule is CCCC(CNC(=O)OC(C)(C)C)NC1CCN(C)C1. The first-order chi connectivity index (χ1) is 9.30. The van der Waals surface area contributed by atoms with Gasteiger partial charge in [-0.05, 0) is 47.2 Å². The maximum atomic E-state index is 11.7. The fraction of sp³-hybridized carbons (Fsp3) is 0.933. The molecule has 0 aromatic heterocycles. The molecule has 1 aliphatic heterocycles. The molecule has 1 saturated heterocycles. The fourth-order valence-electron chi connectivity index (χ4n) is 2.52. The van der Waals surface area contributed by atoms with E-state index in [-0.39, 0.29) is 6.09 Å². The van der Waals surface area contributed by atoms with Crippen LogP contribution < -0.4 is 10.6 Å². The highest BCUT2D eigenvalue weighted by Gasteiger charge is 2.23. The van der Waals surface area contributed by atoms with Crippen molar-refractivity contribution in [2.75, 3.05) is 26.7 Å². The number of hydrogen-bond acceptors (Lipinski definition) is 4. The number of alkyl carbamates (subject to hydrolysis) is 1. The van der Waals surface area contributed by atoms with Crippen molar-refractivity contribution in [3.8, 4) is 0 Å². The third-order valence-electron chi connectivity index (χ3n) is 3.39. The number of nitrogens with one attached hydrogen (secondary N) is 2. The summed E-state index contributed by atoms with van der Waals surface area (Å²) < 4.78 is 5.27. The molecule has 0 radical (unpaired) electrons. The fourth-order valence-corrected chi connectivity index (χ4v) is 2.52. The van der Waals surface area contributed by atoms with E-state index in [9.17, 15) is 4.79 Å². The van der Waals surface area contributed by atoms with E-state index in [1.165, 1.54) is 6.42 Å². The van der Waals surface area contributed by atoms with Gasteiger partial charge in [-0.15, -0.1) is 0 Å². The van der Waals surface area contributed by atoms with Gasteiger partial charge in [-0.3, -0.25) is 0 Å². The molecule has 1 rings (SSSR count). The van der Waals surface area contributed by atoms with Crippen LogP contribution in [0.15, 0.2) is 0 Å². The Morgan fingerprint density at radius 3 is 2.65 bits per heavy atom. The van der Waals surface area contributed by atoms with Crippen LogP contribution in [0.25, 0.3) is 0 Å². The molecule has 2 atom stereocenters. The normalized spacial score (nSPS) is 21.8. The highest BCUT2D eigenvalue weighted by molar-refractivity contribution is 5.67. The summed E-state index contributed by atoms with van der Waals surface area (Å²) in [7, 11) is 2.15. The van der Waals surface area contributed by atoms with E-state index in [1.807, 2.05) is 20.8 Å². The summed E-state index contributed by atoms with van der Waals surface area (Å²) in [5.74, 6) is 0. The minimum Gasteiger partial charge on any atom is -0.444 e. The highest BCUT2D eigenvalue weighted by Crippen LogP contribution is 2.09. The summed E-state index contributed by atoms with van der Waals surface area (Å²) in [5.41, 5.74) is -0.439. The van der Waals surface area contributed by atoms with Crippen molar-refractivity contribution in [1.82, 2.24) is 15.5 Å². The van der Waals surface area contributed by atoms with Gasteiger partial charge in [-0.25, -0.2) is 4.79 Å². The lowest BCUT2D eigenvalue weighted by Crippen LogP contribution is -2.47. The van der Waals surface area contributed by atoms with E-state index in [4.69, 9.17) is 4.74 Å². The maximum Gasteiger partial charge on any atom is 0.407 e. The van der Waals surface area contributed by atoms with Crippen LogP contribution in [0.4, 0.5) is 4.79 Å². The summed E-state index contributed by atoms with van der Waals surface area (Å²) in [4.78, 5) is 14.0. The largest absolute Gasteiger partial charge is 0.444 e. The zero-order valence-corrected chi connectivity index (χ0v) is 13.7. The molecule has 2 unspecified atom stereocenters. The van der Waals surface area contributed by atoms with Gasteiger partial charge in [0.1, 0.15) is 5.60 Å². The Hall–Kier alpha value is -0.810. The van der Waals surface area contributed by atoms with Gasteiger partial charge < -0.3 is 20.3 Å². The first-order valence-corrected chi connectivity index (χ1v) is 7.71. The first-order valence-electron chi connectivity index (χ1n) is 7.71. The Morgan fingerprint density at radius 1 is 1.45 bits per heavy atom. The van der Waals surface area contributed by atoms with E-state index in [0.717, 1.165) is 25.9 Å². The average Bonchev–Trinajstić information content (AvgIpc) is 2.70. The number of rotatable bonds is 6. The Balaban J connectivity index is 2.33. The topological polar surface area (TPSA) is 53.6 Å². The monoisotopic (exact) mass is 285 g/mol. The second-order valence-electron chi connectivity index (χ2n) is 6.78. The van der Waals surface area contributed by atoms with E-state index in [2.05, 4.69) is 29.5 Å². The molecule has 20 heavy (non-hydrogen) atoms. The summed E-state index contributed by atoms with van der Waals surface area (Å²) in [6.07, 6.45) is 3.03. The standard InChI is InChI=1S/C15H31N3O2/c1-6-7-12(17-13-8-9-18(5)11-13)10-16-14(19)20-15(2,3)4/h12-13,17H,6-11H2,1-5H3,(H,16,19). The molecule has 0 aromatic rings. The van der Waals surface area contributed by atoms with Gasteiger partial charge in [0.2, 0.25) is 0 Å². The number of likely N-dealkylation sites (N-methyl/N-ethyl adjacent to an activating group) is 1. The van der Waals surface area contributed by atoms with Gasteiger partial charge in [0.05, 0.1) is 0 Å². The molecule has 1 amide bonds. The molecule has 1 heterocycles. The summed E-state index contributed by atoms with van der Waals surface area (Å²) in [6.45, 7) is 10.7. The molecular formula is C15H31N3O2. The van der Waals surface area contributed by atoms with Crippen LogP contribution in [-0.4, -0.2) is 55.4 Å².